The van der Waals surface area contributed by atoms with Crippen LogP contribution in [0.5, 0.6) is 11.5 Å². The molecular formula is C16H13N3O3. The van der Waals surface area contributed by atoms with E-state index in [0.29, 0.717) is 41.7 Å². The number of ether oxygens (including phenoxy) is 2. The van der Waals surface area contributed by atoms with Crippen molar-refractivity contribution in [3.63, 3.8) is 0 Å². The molecule has 2 amide bonds. The van der Waals surface area contributed by atoms with Crippen LogP contribution in [-0.4, -0.2) is 19.2 Å². The van der Waals surface area contributed by atoms with Crippen molar-refractivity contribution in [2.45, 2.75) is 0 Å². The van der Waals surface area contributed by atoms with Crippen molar-refractivity contribution in [3.8, 4) is 17.6 Å². The van der Waals surface area contributed by atoms with Crippen molar-refractivity contribution < 1.29 is 14.3 Å². The van der Waals surface area contributed by atoms with E-state index in [9.17, 15) is 4.79 Å². The van der Waals surface area contributed by atoms with E-state index in [4.69, 9.17) is 14.7 Å². The van der Waals surface area contributed by atoms with Crippen LogP contribution in [0.2, 0.25) is 0 Å². The molecule has 0 aromatic heterocycles. The molecule has 0 bridgehead atoms. The molecule has 0 fully saturated rings. The number of nitriles is 1. The van der Waals surface area contributed by atoms with E-state index < -0.39 is 6.03 Å². The minimum Gasteiger partial charge on any atom is -0.486 e. The summed E-state index contributed by atoms with van der Waals surface area (Å²) < 4.78 is 10.9. The Morgan fingerprint density at radius 1 is 1.05 bits per heavy atom. The maximum atomic E-state index is 12.0. The minimum atomic E-state index is -0.431. The molecule has 2 N–H and O–H groups in total. The molecule has 3 rings (SSSR count). The number of nitrogens with zero attached hydrogens (tertiary/aromatic N) is 1. The van der Waals surface area contributed by atoms with Crippen LogP contribution in [0.1, 0.15) is 5.56 Å². The standard InChI is InChI=1S/C16H13N3O3/c17-10-11-3-1-2-4-13(11)19-16(20)18-12-5-6-14-15(9-12)22-8-7-21-14/h1-6,9H,7-8H2,(H2,18,19,20). The zero-order valence-corrected chi connectivity index (χ0v) is 11.6. The van der Waals surface area contributed by atoms with Gasteiger partial charge in [0.1, 0.15) is 19.3 Å². The van der Waals surface area contributed by atoms with Crippen molar-refractivity contribution in [3.05, 3.63) is 48.0 Å². The van der Waals surface area contributed by atoms with Crippen LogP contribution in [0.25, 0.3) is 0 Å². The lowest BCUT2D eigenvalue weighted by molar-refractivity contribution is 0.171. The van der Waals surface area contributed by atoms with Gasteiger partial charge in [0, 0.05) is 11.8 Å². The van der Waals surface area contributed by atoms with Crippen LogP contribution in [-0.2, 0) is 0 Å². The first-order valence-electron chi connectivity index (χ1n) is 6.73. The van der Waals surface area contributed by atoms with Crippen molar-refractivity contribution >= 4 is 17.4 Å². The van der Waals surface area contributed by atoms with Gasteiger partial charge in [-0.2, -0.15) is 5.26 Å². The highest BCUT2D eigenvalue weighted by molar-refractivity contribution is 6.00. The molecule has 2 aromatic rings. The SMILES string of the molecule is N#Cc1ccccc1NC(=O)Nc1ccc2c(c1)OCCO2. The van der Waals surface area contributed by atoms with Crippen LogP contribution in [0.3, 0.4) is 0 Å². The van der Waals surface area contributed by atoms with Crippen LogP contribution in [0, 0.1) is 11.3 Å². The second kappa shape index (κ2) is 6.06. The molecule has 0 radical (unpaired) electrons. The van der Waals surface area contributed by atoms with Gasteiger partial charge >= 0.3 is 6.03 Å². The number of carbonyl (C=O) groups is 1. The molecule has 110 valence electrons. The number of benzene rings is 2. The van der Waals surface area contributed by atoms with Crippen molar-refractivity contribution in [1.29, 1.82) is 5.26 Å². The first-order valence-corrected chi connectivity index (χ1v) is 6.73. The molecule has 2 aromatic carbocycles. The predicted molar refractivity (Wildman–Crippen MR) is 81.2 cm³/mol. The first kappa shape index (κ1) is 13.8. The Balaban J connectivity index is 1.71. The normalized spacial score (nSPS) is 12.1. The summed E-state index contributed by atoms with van der Waals surface area (Å²) >= 11 is 0. The molecule has 0 saturated heterocycles. The third-order valence-corrected chi connectivity index (χ3v) is 3.10. The average Bonchev–Trinajstić information content (AvgIpc) is 2.55. The highest BCUT2D eigenvalue weighted by Crippen LogP contribution is 2.32. The van der Waals surface area contributed by atoms with Gasteiger partial charge in [0.15, 0.2) is 11.5 Å². The zero-order valence-electron chi connectivity index (χ0n) is 11.6. The highest BCUT2D eigenvalue weighted by Gasteiger charge is 2.13. The number of anilines is 2. The van der Waals surface area contributed by atoms with Gasteiger partial charge in [0.2, 0.25) is 0 Å². The lowest BCUT2D eigenvalue weighted by atomic mass is 10.2. The van der Waals surface area contributed by atoms with Gasteiger partial charge < -0.3 is 20.1 Å². The third kappa shape index (κ3) is 2.94. The lowest BCUT2D eigenvalue weighted by Crippen LogP contribution is -2.20. The molecular weight excluding hydrogens is 282 g/mol. The van der Waals surface area contributed by atoms with Gasteiger partial charge in [-0.15, -0.1) is 0 Å². The fourth-order valence-corrected chi connectivity index (χ4v) is 2.10. The van der Waals surface area contributed by atoms with Gasteiger partial charge in [0.05, 0.1) is 11.3 Å². The van der Waals surface area contributed by atoms with E-state index in [0.717, 1.165) is 0 Å². The van der Waals surface area contributed by atoms with Crippen LogP contribution in [0.4, 0.5) is 16.2 Å². The number of amides is 2. The maximum Gasteiger partial charge on any atom is 0.323 e. The maximum absolute atomic E-state index is 12.0. The smallest absolute Gasteiger partial charge is 0.323 e. The minimum absolute atomic E-state index is 0.403. The number of fused-ring (bicyclic) bond motifs is 1. The number of hydrogen-bond donors (Lipinski definition) is 2. The van der Waals surface area contributed by atoms with Gasteiger partial charge in [-0.3, -0.25) is 0 Å². The number of para-hydroxylation sites is 1. The van der Waals surface area contributed by atoms with E-state index in [-0.39, 0.29) is 0 Å². The Kier molecular flexibility index (Phi) is 3.79. The Morgan fingerprint density at radius 3 is 2.64 bits per heavy atom. The van der Waals surface area contributed by atoms with Gasteiger partial charge in [0.25, 0.3) is 0 Å². The quantitative estimate of drug-likeness (QED) is 0.892. The summed E-state index contributed by atoms with van der Waals surface area (Å²) in [5.74, 6) is 1.26. The molecule has 0 saturated carbocycles. The van der Waals surface area contributed by atoms with Gasteiger partial charge in [-0.25, -0.2) is 4.79 Å². The average molecular weight is 295 g/mol. The molecule has 1 heterocycles. The van der Waals surface area contributed by atoms with Crippen LogP contribution < -0.4 is 20.1 Å². The summed E-state index contributed by atoms with van der Waals surface area (Å²) in [6.45, 7) is 1.00. The fraction of sp³-hybridized carbons (Fsp3) is 0.125. The fourth-order valence-electron chi connectivity index (χ4n) is 2.10. The summed E-state index contributed by atoms with van der Waals surface area (Å²) in [5.41, 5.74) is 1.44. The molecule has 1 aliphatic rings. The number of nitrogens with one attached hydrogen (secondary N) is 2. The van der Waals surface area contributed by atoms with E-state index in [1.165, 1.54) is 0 Å². The van der Waals surface area contributed by atoms with Crippen molar-refractivity contribution in [2.75, 3.05) is 23.8 Å². The van der Waals surface area contributed by atoms with Crippen molar-refractivity contribution in [1.82, 2.24) is 0 Å². The number of rotatable bonds is 2. The highest BCUT2D eigenvalue weighted by atomic mass is 16.6. The Labute approximate surface area is 127 Å². The van der Waals surface area contributed by atoms with Gasteiger partial charge in [-0.1, -0.05) is 12.1 Å². The summed E-state index contributed by atoms with van der Waals surface area (Å²) in [6, 6.07) is 13.6. The summed E-state index contributed by atoms with van der Waals surface area (Å²) in [7, 11) is 0. The molecule has 1 aliphatic heterocycles. The Bertz CT molecular complexity index is 753. The van der Waals surface area contributed by atoms with E-state index in [1.54, 1.807) is 42.5 Å². The topological polar surface area (TPSA) is 83.4 Å². The predicted octanol–water partition coefficient (Wildman–Crippen LogP) is 2.97. The second-order valence-electron chi connectivity index (χ2n) is 4.59. The molecule has 0 atom stereocenters. The zero-order chi connectivity index (χ0) is 15.4. The van der Waals surface area contributed by atoms with Gasteiger partial charge in [-0.05, 0) is 24.3 Å². The molecule has 0 spiro atoms. The Morgan fingerprint density at radius 2 is 1.82 bits per heavy atom. The summed E-state index contributed by atoms with van der Waals surface area (Å²) in [5, 5.41) is 14.3. The number of urea groups is 1. The van der Waals surface area contributed by atoms with Crippen molar-refractivity contribution in [2.24, 2.45) is 0 Å². The Hall–Kier alpha value is -3.20. The molecule has 6 nitrogen and oxygen atoms in total. The second-order valence-corrected chi connectivity index (χ2v) is 4.59. The van der Waals surface area contributed by atoms with E-state index in [1.807, 2.05) is 6.07 Å². The van der Waals surface area contributed by atoms with Crippen LogP contribution in [0.15, 0.2) is 42.5 Å². The summed E-state index contributed by atoms with van der Waals surface area (Å²) in [6.07, 6.45) is 0. The molecule has 0 unspecified atom stereocenters. The largest absolute Gasteiger partial charge is 0.486 e. The molecule has 22 heavy (non-hydrogen) atoms. The van der Waals surface area contributed by atoms with Crippen LogP contribution >= 0.6 is 0 Å². The number of hydrogen-bond acceptors (Lipinski definition) is 4. The van der Waals surface area contributed by atoms with E-state index in [2.05, 4.69) is 10.6 Å². The first-order chi connectivity index (χ1) is 10.8. The van der Waals surface area contributed by atoms with E-state index >= 15 is 0 Å². The molecule has 0 aliphatic carbocycles. The molecule has 6 heteroatoms. The lowest BCUT2D eigenvalue weighted by Gasteiger charge is -2.19. The number of carbonyl (C=O) groups excluding carboxylic acids is 1. The third-order valence-electron chi connectivity index (χ3n) is 3.10. The monoisotopic (exact) mass is 295 g/mol. The summed E-state index contributed by atoms with van der Waals surface area (Å²) in [4.78, 5) is 12.0.